The molecule has 0 aliphatic heterocycles. The van der Waals surface area contributed by atoms with Gasteiger partial charge in [0.25, 0.3) is 6.47 Å². The van der Waals surface area contributed by atoms with Gasteiger partial charge < -0.3 is 24.3 Å². The Balaban J connectivity index is 0.000000678. The predicted octanol–water partition coefficient (Wildman–Crippen LogP) is 5.68. The van der Waals surface area contributed by atoms with E-state index in [9.17, 15) is 14.7 Å². The SMILES string of the molecule is CCCOc1ccc(C)c(C)c1.CN/C=C/CCC(C)c1cc(O)c(C(=O)C(C)C)c(=O)o1.COC=O. The van der Waals surface area contributed by atoms with Gasteiger partial charge in [0.1, 0.15) is 22.8 Å². The average molecular weight is 518 g/mol. The molecule has 2 N–H and O–H groups in total. The van der Waals surface area contributed by atoms with Crippen LogP contribution in [0.4, 0.5) is 0 Å². The maximum absolute atomic E-state index is 11.9. The molecule has 0 fully saturated rings. The van der Waals surface area contributed by atoms with Crippen molar-refractivity contribution in [1.82, 2.24) is 5.32 Å². The highest BCUT2D eigenvalue weighted by Crippen LogP contribution is 2.25. The molecular weight excluding hydrogens is 474 g/mol. The number of hydrogen-bond acceptors (Lipinski definition) is 8. The molecule has 2 aromatic rings. The van der Waals surface area contributed by atoms with E-state index < -0.39 is 11.4 Å². The summed E-state index contributed by atoms with van der Waals surface area (Å²) >= 11 is 0. The molecule has 1 heterocycles. The summed E-state index contributed by atoms with van der Waals surface area (Å²) < 4.78 is 14.6. The van der Waals surface area contributed by atoms with E-state index in [2.05, 4.69) is 43.0 Å². The molecule has 0 radical (unpaired) electrons. The van der Waals surface area contributed by atoms with Crippen molar-refractivity contribution in [3.63, 3.8) is 0 Å². The van der Waals surface area contributed by atoms with Gasteiger partial charge in [0.2, 0.25) is 0 Å². The summed E-state index contributed by atoms with van der Waals surface area (Å²) in [6.07, 6.45) is 6.47. The average Bonchev–Trinajstić information content (AvgIpc) is 2.87. The van der Waals surface area contributed by atoms with Gasteiger partial charge in [0.15, 0.2) is 5.78 Å². The fourth-order valence-corrected chi connectivity index (χ4v) is 2.97. The Bertz CT molecular complexity index is 1040. The molecule has 0 aliphatic carbocycles. The van der Waals surface area contributed by atoms with Crippen molar-refractivity contribution in [2.45, 2.75) is 66.7 Å². The minimum atomic E-state index is -0.763. The zero-order chi connectivity index (χ0) is 28.4. The second-order valence-electron chi connectivity index (χ2n) is 8.81. The number of carbonyl (C=O) groups excluding carboxylic acids is 2. The Morgan fingerprint density at radius 2 is 1.81 bits per heavy atom. The molecule has 37 heavy (non-hydrogen) atoms. The summed E-state index contributed by atoms with van der Waals surface area (Å²) in [4.78, 5) is 32.7. The number of rotatable bonds is 11. The number of ether oxygens (including phenoxy) is 2. The van der Waals surface area contributed by atoms with E-state index in [0.717, 1.165) is 31.6 Å². The van der Waals surface area contributed by atoms with Crippen LogP contribution in [0.1, 0.15) is 80.1 Å². The van der Waals surface area contributed by atoms with Crippen LogP contribution in [0, 0.1) is 19.8 Å². The molecule has 2 rings (SSSR count). The highest BCUT2D eigenvalue weighted by Gasteiger charge is 2.22. The number of methoxy groups -OCH3 is 1. The topological polar surface area (TPSA) is 115 Å². The summed E-state index contributed by atoms with van der Waals surface area (Å²) in [6, 6.07) is 7.59. The molecule has 0 saturated carbocycles. The quantitative estimate of drug-likeness (QED) is 0.289. The van der Waals surface area contributed by atoms with Crippen LogP contribution >= 0.6 is 0 Å². The van der Waals surface area contributed by atoms with Crippen LogP contribution in [0.25, 0.3) is 0 Å². The molecule has 1 aromatic heterocycles. The van der Waals surface area contributed by atoms with E-state index >= 15 is 0 Å². The van der Waals surface area contributed by atoms with Gasteiger partial charge in [-0.2, -0.15) is 0 Å². The number of carbonyl (C=O) groups is 2. The molecule has 8 heteroatoms. The lowest BCUT2D eigenvalue weighted by molar-refractivity contribution is -0.126. The minimum Gasteiger partial charge on any atom is -0.507 e. The molecule has 8 nitrogen and oxygen atoms in total. The second-order valence-corrected chi connectivity index (χ2v) is 8.81. The van der Waals surface area contributed by atoms with Crippen molar-refractivity contribution >= 4 is 12.3 Å². The van der Waals surface area contributed by atoms with Gasteiger partial charge in [-0.15, -0.1) is 0 Å². The van der Waals surface area contributed by atoms with E-state index in [4.69, 9.17) is 13.9 Å². The molecule has 0 spiro atoms. The van der Waals surface area contributed by atoms with Gasteiger partial charge in [-0.1, -0.05) is 39.8 Å². The van der Waals surface area contributed by atoms with E-state index in [1.165, 1.54) is 24.3 Å². The first-order valence-corrected chi connectivity index (χ1v) is 12.4. The number of ketones is 1. The Labute approximate surface area is 220 Å². The van der Waals surface area contributed by atoms with Crippen molar-refractivity contribution in [1.29, 1.82) is 0 Å². The fraction of sp³-hybridized carbons (Fsp3) is 0.483. The molecule has 0 saturated heterocycles. The number of Topliss-reactive ketones (excluding diaryl/α,β-unsaturated/α-hetero) is 1. The lowest BCUT2D eigenvalue weighted by atomic mass is 9.99. The number of aromatic hydroxyl groups is 1. The zero-order valence-corrected chi connectivity index (χ0v) is 23.4. The summed E-state index contributed by atoms with van der Waals surface area (Å²) in [6.45, 7) is 12.8. The van der Waals surface area contributed by atoms with Crippen molar-refractivity contribution in [2.75, 3.05) is 20.8 Å². The Morgan fingerprint density at radius 3 is 2.30 bits per heavy atom. The van der Waals surface area contributed by atoms with Crippen molar-refractivity contribution in [2.24, 2.45) is 5.92 Å². The predicted molar refractivity (Wildman–Crippen MR) is 146 cm³/mol. The summed E-state index contributed by atoms with van der Waals surface area (Å²) in [5.74, 6) is 0.299. The summed E-state index contributed by atoms with van der Waals surface area (Å²) in [7, 11) is 3.13. The largest absolute Gasteiger partial charge is 0.507 e. The third-order valence-corrected chi connectivity index (χ3v) is 5.30. The third kappa shape index (κ3) is 12.8. The van der Waals surface area contributed by atoms with Gasteiger partial charge >= 0.3 is 5.63 Å². The Kier molecular flexibility index (Phi) is 16.9. The monoisotopic (exact) mass is 517 g/mol. The Hall–Kier alpha value is -3.55. The maximum Gasteiger partial charge on any atom is 0.350 e. The molecule has 0 bridgehead atoms. The Morgan fingerprint density at radius 1 is 1.16 bits per heavy atom. The molecule has 1 aromatic carbocycles. The van der Waals surface area contributed by atoms with Gasteiger partial charge in [-0.25, -0.2) is 4.79 Å². The van der Waals surface area contributed by atoms with Crippen LogP contribution in [0.3, 0.4) is 0 Å². The molecule has 0 amide bonds. The highest BCUT2D eigenvalue weighted by molar-refractivity contribution is 5.99. The number of benzene rings is 1. The second kappa shape index (κ2) is 18.7. The molecule has 1 unspecified atom stereocenters. The van der Waals surface area contributed by atoms with Crippen LogP contribution in [-0.4, -0.2) is 38.1 Å². The van der Waals surface area contributed by atoms with Crippen LogP contribution in [0.15, 0.2) is 45.8 Å². The maximum atomic E-state index is 11.9. The third-order valence-electron chi connectivity index (χ3n) is 5.30. The van der Waals surface area contributed by atoms with Crippen LogP contribution in [0.5, 0.6) is 11.5 Å². The van der Waals surface area contributed by atoms with Crippen molar-refractivity contribution < 1.29 is 28.6 Å². The van der Waals surface area contributed by atoms with Gasteiger partial charge in [0, 0.05) is 24.9 Å². The number of aryl methyl sites for hydroxylation is 2. The smallest absolute Gasteiger partial charge is 0.350 e. The first-order valence-electron chi connectivity index (χ1n) is 12.4. The van der Waals surface area contributed by atoms with Crippen LogP contribution < -0.4 is 15.7 Å². The van der Waals surface area contributed by atoms with E-state index in [1.54, 1.807) is 13.8 Å². The zero-order valence-electron chi connectivity index (χ0n) is 23.4. The van der Waals surface area contributed by atoms with Crippen molar-refractivity contribution in [3.05, 3.63) is 69.4 Å². The first kappa shape index (κ1) is 33.4. The molecule has 0 aliphatic rings. The van der Waals surface area contributed by atoms with Gasteiger partial charge in [-0.3, -0.25) is 9.59 Å². The van der Waals surface area contributed by atoms with Gasteiger partial charge in [-0.05, 0) is 62.6 Å². The number of allylic oxidation sites excluding steroid dienone is 1. The first-order chi connectivity index (χ1) is 17.5. The lowest BCUT2D eigenvalue weighted by Crippen LogP contribution is -2.19. The van der Waals surface area contributed by atoms with E-state index in [1.807, 2.05) is 32.3 Å². The standard InChI is InChI=1S/C16H23NO4.C11H16O.C2H4O2/c1-10(2)15(19)14-12(18)9-13(21-16(14)20)11(3)7-5-6-8-17-4;1-4-7-12-11-6-5-9(2)10(3)8-11;1-4-2-3/h6,8-11,17-18H,5,7H2,1-4H3;5-6,8H,4,7H2,1-3H3;2H,1H3/b8-6+;;. The van der Waals surface area contributed by atoms with Crippen LogP contribution in [-0.2, 0) is 9.53 Å². The minimum absolute atomic E-state index is 0.0201. The lowest BCUT2D eigenvalue weighted by Gasteiger charge is -2.11. The van der Waals surface area contributed by atoms with E-state index in [0.29, 0.717) is 12.2 Å². The van der Waals surface area contributed by atoms with E-state index in [-0.39, 0.29) is 23.1 Å². The number of nitrogens with one attached hydrogen (secondary N) is 1. The van der Waals surface area contributed by atoms with Crippen LogP contribution in [0.2, 0.25) is 0 Å². The normalized spacial score (nSPS) is 11.1. The fourth-order valence-electron chi connectivity index (χ4n) is 2.97. The van der Waals surface area contributed by atoms with Gasteiger partial charge in [0.05, 0.1) is 13.7 Å². The number of hydrogen-bond donors (Lipinski definition) is 2. The molecule has 206 valence electrons. The van der Waals surface area contributed by atoms with Crippen molar-refractivity contribution in [3.8, 4) is 11.5 Å². The highest BCUT2D eigenvalue weighted by atomic mass is 16.5. The molecule has 1 atom stereocenters. The summed E-state index contributed by atoms with van der Waals surface area (Å²) in [5.41, 5.74) is 1.60. The summed E-state index contributed by atoms with van der Waals surface area (Å²) in [5, 5.41) is 12.8. The molecular formula is C29H43NO7.